The Kier molecular flexibility index (Phi) is 64.5. The lowest BCUT2D eigenvalue weighted by molar-refractivity contribution is -0.167. The molecule has 0 radical (unpaired) electrons. The minimum Gasteiger partial charge on any atom is -0.462 e. The number of rotatable bonds is 66. The molecule has 0 rings (SSSR count). The van der Waals surface area contributed by atoms with Crippen molar-refractivity contribution in [2.45, 2.75) is 419 Å². The number of hydrogen-bond acceptors (Lipinski definition) is 6. The first-order valence-electron chi connectivity index (χ1n) is 35.0. The zero-order valence-electron chi connectivity index (χ0n) is 52.1. The molecule has 0 fully saturated rings. The van der Waals surface area contributed by atoms with Crippen molar-refractivity contribution < 1.29 is 28.6 Å². The monoisotopic (exact) mass is 1070 g/mol. The van der Waals surface area contributed by atoms with E-state index in [1.165, 1.54) is 315 Å². The van der Waals surface area contributed by atoms with Crippen LogP contribution in [0.5, 0.6) is 0 Å². The zero-order chi connectivity index (χ0) is 55.0. The van der Waals surface area contributed by atoms with Gasteiger partial charge in [-0.25, -0.2) is 0 Å². The van der Waals surface area contributed by atoms with Crippen molar-refractivity contribution in [3.63, 3.8) is 0 Å². The molecule has 0 amide bonds. The van der Waals surface area contributed by atoms with Gasteiger partial charge in [-0.1, -0.05) is 374 Å². The minimum absolute atomic E-state index is 0.0613. The summed E-state index contributed by atoms with van der Waals surface area (Å²) < 4.78 is 16.9. The molecular weight excluding hydrogens is 937 g/mol. The summed E-state index contributed by atoms with van der Waals surface area (Å²) in [5.41, 5.74) is 0. The maximum Gasteiger partial charge on any atom is 0.306 e. The number of carbonyl (C=O) groups excluding carboxylic acids is 3. The fourth-order valence-electron chi connectivity index (χ4n) is 11.1. The Balaban J connectivity index is 4.00. The number of carbonyl (C=O) groups is 3. The summed E-state index contributed by atoms with van der Waals surface area (Å²) in [4.78, 5) is 38.2. The van der Waals surface area contributed by atoms with Gasteiger partial charge in [0.05, 0.1) is 0 Å². The van der Waals surface area contributed by atoms with Crippen LogP contribution in [0.4, 0.5) is 0 Å². The van der Waals surface area contributed by atoms with Gasteiger partial charge < -0.3 is 14.2 Å². The van der Waals surface area contributed by atoms with Gasteiger partial charge in [-0.05, 0) is 19.3 Å². The molecule has 6 heteroatoms. The molecule has 0 bridgehead atoms. The molecule has 6 nitrogen and oxygen atoms in total. The van der Waals surface area contributed by atoms with Crippen LogP contribution in [-0.4, -0.2) is 37.2 Å². The van der Waals surface area contributed by atoms with E-state index in [4.69, 9.17) is 14.2 Å². The Labute approximate surface area is 476 Å². The molecule has 0 saturated carbocycles. The van der Waals surface area contributed by atoms with E-state index < -0.39 is 6.10 Å². The Morgan fingerprint density at radius 2 is 0.355 bits per heavy atom. The fraction of sp³-hybridized carbons (Fsp3) is 0.957. The molecule has 76 heavy (non-hydrogen) atoms. The molecule has 1 atom stereocenters. The summed E-state index contributed by atoms with van der Waals surface area (Å²) in [5, 5.41) is 0. The lowest BCUT2D eigenvalue weighted by Gasteiger charge is -2.18. The average molecular weight is 1070 g/mol. The standard InChI is InChI=1S/C70H136O6/c1-4-7-10-13-16-18-20-22-24-26-28-30-32-34-36-37-39-41-43-45-47-49-51-54-57-60-63-69(72)75-66-67(65-74-68(71)62-59-56-53-15-12-9-6-3)76-70(73)64-61-58-55-52-50-48-46-44-42-40-38-35-33-31-29-27-25-23-21-19-17-14-11-8-5-2/h67H,4-66H2,1-3H3. The minimum atomic E-state index is -0.762. The van der Waals surface area contributed by atoms with Crippen LogP contribution in [0, 0.1) is 0 Å². The molecule has 0 aliphatic carbocycles. The lowest BCUT2D eigenvalue weighted by atomic mass is 10.0. The maximum absolute atomic E-state index is 12.9. The van der Waals surface area contributed by atoms with Gasteiger partial charge in [0.25, 0.3) is 0 Å². The molecule has 0 aliphatic rings. The summed E-state index contributed by atoms with van der Waals surface area (Å²) in [6, 6.07) is 0. The van der Waals surface area contributed by atoms with Crippen molar-refractivity contribution in [1.82, 2.24) is 0 Å². The highest BCUT2D eigenvalue weighted by atomic mass is 16.6. The second-order valence-corrected chi connectivity index (χ2v) is 24.2. The summed E-state index contributed by atoms with van der Waals surface area (Å²) >= 11 is 0. The first-order valence-corrected chi connectivity index (χ1v) is 35.0. The predicted molar refractivity (Wildman–Crippen MR) is 330 cm³/mol. The van der Waals surface area contributed by atoms with Gasteiger partial charge in [-0.2, -0.15) is 0 Å². The quantitative estimate of drug-likeness (QED) is 0.0343. The highest BCUT2D eigenvalue weighted by Crippen LogP contribution is 2.19. The van der Waals surface area contributed by atoms with Crippen LogP contribution in [0.3, 0.4) is 0 Å². The van der Waals surface area contributed by atoms with E-state index >= 15 is 0 Å². The van der Waals surface area contributed by atoms with Gasteiger partial charge in [-0.15, -0.1) is 0 Å². The smallest absolute Gasteiger partial charge is 0.306 e. The van der Waals surface area contributed by atoms with Crippen LogP contribution in [0.25, 0.3) is 0 Å². The van der Waals surface area contributed by atoms with Gasteiger partial charge in [-0.3, -0.25) is 14.4 Å². The third-order valence-corrected chi connectivity index (χ3v) is 16.4. The van der Waals surface area contributed by atoms with Crippen LogP contribution in [-0.2, 0) is 28.6 Å². The first kappa shape index (κ1) is 74.4. The summed E-state index contributed by atoms with van der Waals surface area (Å²) in [6.45, 7) is 6.69. The highest BCUT2D eigenvalue weighted by Gasteiger charge is 2.19. The van der Waals surface area contributed by atoms with Crippen LogP contribution in [0.2, 0.25) is 0 Å². The number of hydrogen-bond donors (Lipinski definition) is 0. The molecule has 0 saturated heterocycles. The summed E-state index contributed by atoms with van der Waals surface area (Å²) in [5.74, 6) is -0.833. The molecule has 0 spiro atoms. The first-order chi connectivity index (χ1) is 37.5. The van der Waals surface area contributed by atoms with Gasteiger partial charge in [0, 0.05) is 19.3 Å². The predicted octanol–water partition coefficient (Wildman–Crippen LogP) is 23.8. The molecule has 0 N–H and O–H groups in total. The van der Waals surface area contributed by atoms with E-state index in [1.807, 2.05) is 0 Å². The topological polar surface area (TPSA) is 78.9 Å². The van der Waals surface area contributed by atoms with E-state index in [0.717, 1.165) is 57.8 Å². The number of unbranched alkanes of at least 4 members (excludes halogenated alkanes) is 55. The third-order valence-electron chi connectivity index (χ3n) is 16.4. The number of ether oxygens (including phenoxy) is 3. The molecule has 1 unspecified atom stereocenters. The summed E-state index contributed by atoms with van der Waals surface area (Å²) in [7, 11) is 0. The average Bonchev–Trinajstić information content (AvgIpc) is 3.42. The fourth-order valence-corrected chi connectivity index (χ4v) is 11.1. The SMILES string of the molecule is CCCCCCCCCCCCCCCCCCCCCCCCCCCCC(=O)OCC(COC(=O)CCCCCCCCC)OC(=O)CCCCCCCCCCCCCCCCCCCCCCCCCCC. The van der Waals surface area contributed by atoms with Crippen molar-refractivity contribution in [3.05, 3.63) is 0 Å². The Morgan fingerprint density at radius 1 is 0.211 bits per heavy atom. The van der Waals surface area contributed by atoms with Crippen LogP contribution in [0.1, 0.15) is 412 Å². The van der Waals surface area contributed by atoms with Crippen molar-refractivity contribution >= 4 is 17.9 Å². The summed E-state index contributed by atoms with van der Waals surface area (Å²) in [6.07, 6.45) is 77.4. The third kappa shape index (κ3) is 63.2. The van der Waals surface area contributed by atoms with Crippen molar-refractivity contribution in [1.29, 1.82) is 0 Å². The van der Waals surface area contributed by atoms with E-state index in [1.54, 1.807) is 0 Å². The molecule has 0 aromatic heterocycles. The zero-order valence-corrected chi connectivity index (χ0v) is 52.1. The maximum atomic E-state index is 12.9. The van der Waals surface area contributed by atoms with Crippen LogP contribution in [0.15, 0.2) is 0 Å². The molecule has 452 valence electrons. The Hall–Kier alpha value is -1.59. The normalized spacial score (nSPS) is 11.9. The Morgan fingerprint density at radius 3 is 0.526 bits per heavy atom. The van der Waals surface area contributed by atoms with Crippen molar-refractivity contribution in [2.75, 3.05) is 13.2 Å². The molecule has 0 aromatic carbocycles. The van der Waals surface area contributed by atoms with E-state index in [-0.39, 0.29) is 31.1 Å². The van der Waals surface area contributed by atoms with Crippen molar-refractivity contribution in [2.24, 2.45) is 0 Å². The second-order valence-electron chi connectivity index (χ2n) is 24.2. The highest BCUT2D eigenvalue weighted by molar-refractivity contribution is 5.71. The molecule has 0 heterocycles. The second kappa shape index (κ2) is 65.9. The molecule has 0 aromatic rings. The molecular formula is C70H136O6. The Bertz CT molecular complexity index is 1140. The largest absolute Gasteiger partial charge is 0.462 e. The molecule has 0 aliphatic heterocycles. The lowest BCUT2D eigenvalue weighted by Crippen LogP contribution is -2.30. The van der Waals surface area contributed by atoms with Crippen LogP contribution >= 0.6 is 0 Å². The van der Waals surface area contributed by atoms with E-state index in [0.29, 0.717) is 19.3 Å². The van der Waals surface area contributed by atoms with Gasteiger partial charge >= 0.3 is 17.9 Å². The van der Waals surface area contributed by atoms with Gasteiger partial charge in [0.1, 0.15) is 13.2 Å². The van der Waals surface area contributed by atoms with E-state index in [9.17, 15) is 14.4 Å². The van der Waals surface area contributed by atoms with Crippen molar-refractivity contribution in [3.8, 4) is 0 Å². The number of esters is 3. The van der Waals surface area contributed by atoms with E-state index in [2.05, 4.69) is 20.8 Å². The van der Waals surface area contributed by atoms with Crippen LogP contribution < -0.4 is 0 Å². The van der Waals surface area contributed by atoms with Gasteiger partial charge in [0.15, 0.2) is 6.10 Å². The van der Waals surface area contributed by atoms with Gasteiger partial charge in [0.2, 0.25) is 0 Å².